The van der Waals surface area contributed by atoms with Crippen LogP contribution in [-0.4, -0.2) is 37.0 Å². The Bertz CT molecular complexity index is 482. The van der Waals surface area contributed by atoms with Gasteiger partial charge in [-0.15, -0.1) is 0 Å². The topological polar surface area (TPSA) is 58.4 Å². The van der Waals surface area contributed by atoms with Crippen molar-refractivity contribution in [3.8, 4) is 0 Å². The fourth-order valence-electron chi connectivity index (χ4n) is 3.60. The lowest BCUT2D eigenvalue weighted by Crippen LogP contribution is -2.61. The first-order valence-electron chi connectivity index (χ1n) is 7.09. The summed E-state index contributed by atoms with van der Waals surface area (Å²) in [5.41, 5.74) is 7.68. The number of hydrogen-bond acceptors (Lipinski definition) is 3. The summed E-state index contributed by atoms with van der Waals surface area (Å²) < 4.78 is 0. The van der Waals surface area contributed by atoms with E-state index in [2.05, 4.69) is 22.3 Å². The molecular formula is C15H21N3O. The van der Waals surface area contributed by atoms with Gasteiger partial charge in [0.1, 0.15) is 5.54 Å². The molecular weight excluding hydrogens is 238 g/mol. The van der Waals surface area contributed by atoms with Crippen LogP contribution in [0.25, 0.3) is 0 Å². The summed E-state index contributed by atoms with van der Waals surface area (Å²) in [6.45, 7) is 3.63. The number of nitrogens with one attached hydrogen (secondary N) is 1. The van der Waals surface area contributed by atoms with Gasteiger partial charge >= 0.3 is 0 Å². The molecule has 2 aliphatic rings. The number of nitrogens with two attached hydrogens (primary N) is 1. The first kappa shape index (κ1) is 12.6. The van der Waals surface area contributed by atoms with E-state index in [-0.39, 0.29) is 5.91 Å². The number of amides is 1. The average Bonchev–Trinajstić information content (AvgIpc) is 2.47. The minimum Gasteiger partial charge on any atom is -0.368 e. The van der Waals surface area contributed by atoms with E-state index >= 15 is 0 Å². The maximum atomic E-state index is 12.3. The van der Waals surface area contributed by atoms with Crippen molar-refractivity contribution < 1.29 is 4.79 Å². The standard InChI is InChI=1S/C15H21N3O/c16-14(19)15(18-10-8-17-9-11-18)7-3-5-12-4-1-2-6-13(12)15/h1-2,4,6,17H,3,5,7-11H2,(H2,16,19). The summed E-state index contributed by atoms with van der Waals surface area (Å²) in [6.07, 6.45) is 2.93. The van der Waals surface area contributed by atoms with Crippen LogP contribution >= 0.6 is 0 Å². The Morgan fingerprint density at radius 1 is 1.26 bits per heavy atom. The van der Waals surface area contributed by atoms with E-state index < -0.39 is 5.54 Å². The molecule has 1 aliphatic carbocycles. The van der Waals surface area contributed by atoms with E-state index in [4.69, 9.17) is 5.73 Å². The molecule has 1 aromatic carbocycles. The highest BCUT2D eigenvalue weighted by molar-refractivity contribution is 5.87. The SMILES string of the molecule is NC(=O)C1(N2CCNCC2)CCCc2ccccc21. The van der Waals surface area contributed by atoms with Crippen LogP contribution in [0.3, 0.4) is 0 Å². The maximum Gasteiger partial charge on any atom is 0.242 e. The van der Waals surface area contributed by atoms with Crippen molar-refractivity contribution in [1.29, 1.82) is 0 Å². The molecule has 1 amide bonds. The molecule has 4 heteroatoms. The highest BCUT2D eigenvalue weighted by atomic mass is 16.1. The molecule has 1 heterocycles. The van der Waals surface area contributed by atoms with E-state index in [1.807, 2.05) is 12.1 Å². The molecule has 3 rings (SSSR count). The molecule has 1 fully saturated rings. The highest BCUT2D eigenvalue weighted by Gasteiger charge is 2.46. The molecule has 0 spiro atoms. The molecule has 0 saturated carbocycles. The van der Waals surface area contributed by atoms with Gasteiger partial charge in [-0.25, -0.2) is 0 Å². The van der Waals surface area contributed by atoms with Crippen molar-refractivity contribution in [2.24, 2.45) is 5.73 Å². The van der Waals surface area contributed by atoms with Crippen LogP contribution < -0.4 is 11.1 Å². The van der Waals surface area contributed by atoms with Crippen molar-refractivity contribution in [3.63, 3.8) is 0 Å². The monoisotopic (exact) mass is 259 g/mol. The summed E-state index contributed by atoms with van der Waals surface area (Å²) in [7, 11) is 0. The molecule has 0 bridgehead atoms. The van der Waals surface area contributed by atoms with Gasteiger partial charge < -0.3 is 11.1 Å². The van der Waals surface area contributed by atoms with Gasteiger partial charge in [0, 0.05) is 26.2 Å². The van der Waals surface area contributed by atoms with E-state index in [1.165, 1.54) is 5.56 Å². The lowest BCUT2D eigenvalue weighted by molar-refractivity contribution is -0.132. The Balaban J connectivity index is 2.08. The van der Waals surface area contributed by atoms with Gasteiger partial charge in [-0.05, 0) is 30.4 Å². The van der Waals surface area contributed by atoms with Gasteiger partial charge in [-0.3, -0.25) is 9.69 Å². The summed E-state index contributed by atoms with van der Waals surface area (Å²) in [5, 5.41) is 3.34. The Kier molecular flexibility index (Phi) is 3.29. The third-order valence-electron chi connectivity index (χ3n) is 4.51. The molecule has 1 aromatic rings. The van der Waals surface area contributed by atoms with Crippen molar-refractivity contribution in [3.05, 3.63) is 35.4 Å². The number of nitrogens with zero attached hydrogens (tertiary/aromatic N) is 1. The van der Waals surface area contributed by atoms with Crippen LogP contribution in [0.4, 0.5) is 0 Å². The van der Waals surface area contributed by atoms with Gasteiger partial charge in [0.25, 0.3) is 0 Å². The van der Waals surface area contributed by atoms with Crippen molar-refractivity contribution >= 4 is 5.91 Å². The first-order chi connectivity index (χ1) is 9.25. The third-order valence-corrected chi connectivity index (χ3v) is 4.51. The Hall–Kier alpha value is -1.39. The smallest absolute Gasteiger partial charge is 0.242 e. The summed E-state index contributed by atoms with van der Waals surface area (Å²) in [5.74, 6) is -0.193. The second-order valence-electron chi connectivity index (χ2n) is 5.47. The number of fused-ring (bicyclic) bond motifs is 1. The van der Waals surface area contributed by atoms with Crippen LogP contribution in [0.1, 0.15) is 24.0 Å². The zero-order valence-corrected chi connectivity index (χ0v) is 11.2. The molecule has 19 heavy (non-hydrogen) atoms. The average molecular weight is 259 g/mol. The van der Waals surface area contributed by atoms with Gasteiger partial charge in [-0.2, -0.15) is 0 Å². The quantitative estimate of drug-likeness (QED) is 0.818. The van der Waals surface area contributed by atoms with Crippen LogP contribution in [0, 0.1) is 0 Å². The lowest BCUT2D eigenvalue weighted by atomic mass is 9.74. The van der Waals surface area contributed by atoms with Crippen LogP contribution in [-0.2, 0) is 16.8 Å². The highest BCUT2D eigenvalue weighted by Crippen LogP contribution is 2.40. The van der Waals surface area contributed by atoms with Gasteiger partial charge in [0.2, 0.25) is 5.91 Å². The van der Waals surface area contributed by atoms with Crippen LogP contribution in [0.5, 0.6) is 0 Å². The lowest BCUT2D eigenvalue weighted by Gasteiger charge is -2.46. The van der Waals surface area contributed by atoms with Crippen molar-refractivity contribution in [2.45, 2.75) is 24.8 Å². The van der Waals surface area contributed by atoms with E-state index in [0.29, 0.717) is 0 Å². The molecule has 1 saturated heterocycles. The van der Waals surface area contributed by atoms with Crippen LogP contribution in [0.15, 0.2) is 24.3 Å². The Morgan fingerprint density at radius 2 is 2.00 bits per heavy atom. The summed E-state index contributed by atoms with van der Waals surface area (Å²) in [4.78, 5) is 14.6. The van der Waals surface area contributed by atoms with E-state index in [1.54, 1.807) is 0 Å². The number of primary amides is 1. The molecule has 1 unspecified atom stereocenters. The fraction of sp³-hybridized carbons (Fsp3) is 0.533. The minimum absolute atomic E-state index is 0.193. The third kappa shape index (κ3) is 1.95. The molecule has 0 aromatic heterocycles. The van der Waals surface area contributed by atoms with Gasteiger partial charge in [0.05, 0.1) is 0 Å². The van der Waals surface area contributed by atoms with E-state index in [9.17, 15) is 4.79 Å². The van der Waals surface area contributed by atoms with Crippen molar-refractivity contribution in [1.82, 2.24) is 10.2 Å². The molecule has 3 N–H and O–H groups in total. The number of aryl methyl sites for hydroxylation is 1. The number of piperazine rings is 1. The normalized spacial score (nSPS) is 27.8. The summed E-state index contributed by atoms with van der Waals surface area (Å²) in [6, 6.07) is 8.29. The first-order valence-corrected chi connectivity index (χ1v) is 7.09. The Morgan fingerprint density at radius 3 is 2.74 bits per heavy atom. The van der Waals surface area contributed by atoms with Gasteiger partial charge in [-0.1, -0.05) is 24.3 Å². The maximum absolute atomic E-state index is 12.3. The molecule has 1 atom stereocenters. The zero-order valence-electron chi connectivity index (χ0n) is 11.2. The molecule has 102 valence electrons. The number of carbonyl (C=O) groups excluding carboxylic acids is 1. The predicted octanol–water partition coefficient (Wildman–Crippen LogP) is 0.609. The number of benzene rings is 1. The second-order valence-corrected chi connectivity index (χ2v) is 5.47. The minimum atomic E-state index is -0.586. The predicted molar refractivity (Wildman–Crippen MR) is 74.7 cm³/mol. The number of carbonyl (C=O) groups is 1. The molecule has 0 radical (unpaired) electrons. The zero-order chi connectivity index (χ0) is 13.3. The molecule has 4 nitrogen and oxygen atoms in total. The van der Waals surface area contributed by atoms with Gasteiger partial charge in [0.15, 0.2) is 0 Å². The Labute approximate surface area is 114 Å². The largest absolute Gasteiger partial charge is 0.368 e. The summed E-state index contributed by atoms with van der Waals surface area (Å²) >= 11 is 0. The second kappa shape index (κ2) is 4.94. The number of rotatable bonds is 2. The van der Waals surface area contributed by atoms with E-state index in [0.717, 1.165) is 51.0 Å². The van der Waals surface area contributed by atoms with Crippen molar-refractivity contribution in [2.75, 3.05) is 26.2 Å². The fourth-order valence-corrected chi connectivity index (χ4v) is 3.60. The molecule has 1 aliphatic heterocycles. The van der Waals surface area contributed by atoms with Crippen LogP contribution in [0.2, 0.25) is 0 Å². The number of hydrogen-bond donors (Lipinski definition) is 2.